The quantitative estimate of drug-likeness (QED) is 0.725. The molecule has 7 heteroatoms. The number of nitrogens with two attached hydrogens (primary N) is 1. The van der Waals surface area contributed by atoms with Crippen LogP contribution in [0.25, 0.3) is 10.9 Å². The SMILES string of the molecule is COc1cc2nc(CN3CCC[C@@H]3c3ccc(F)cc3)nc(N)c2cc1OC. The monoisotopic (exact) mass is 382 g/mol. The molecular weight excluding hydrogens is 359 g/mol. The summed E-state index contributed by atoms with van der Waals surface area (Å²) in [5.41, 5.74) is 8.03. The minimum Gasteiger partial charge on any atom is -0.493 e. The zero-order valence-corrected chi connectivity index (χ0v) is 16.0. The van der Waals surface area contributed by atoms with Crippen LogP contribution in [0.2, 0.25) is 0 Å². The van der Waals surface area contributed by atoms with Gasteiger partial charge in [-0.05, 0) is 43.1 Å². The van der Waals surface area contributed by atoms with Crippen LogP contribution in [0.3, 0.4) is 0 Å². The van der Waals surface area contributed by atoms with Crippen molar-refractivity contribution in [3.05, 3.63) is 53.6 Å². The standard InChI is InChI=1S/C21H23FN4O2/c1-27-18-10-15-16(11-19(18)28-2)24-20(25-21(15)23)12-26-9-3-4-17(26)13-5-7-14(22)8-6-13/h5-8,10-11,17H,3-4,9,12H2,1-2H3,(H2,23,24,25)/t17-/m1/s1. The summed E-state index contributed by atoms with van der Waals surface area (Å²) in [5, 5.41) is 0.734. The molecule has 28 heavy (non-hydrogen) atoms. The number of likely N-dealkylation sites (tertiary alicyclic amines) is 1. The number of fused-ring (bicyclic) bond motifs is 1. The van der Waals surface area contributed by atoms with Crippen LogP contribution >= 0.6 is 0 Å². The Morgan fingerprint density at radius 3 is 2.54 bits per heavy atom. The van der Waals surface area contributed by atoms with Crippen LogP contribution in [0, 0.1) is 5.82 Å². The summed E-state index contributed by atoms with van der Waals surface area (Å²) in [6, 6.07) is 10.6. The largest absolute Gasteiger partial charge is 0.493 e. The van der Waals surface area contributed by atoms with Crippen molar-refractivity contribution < 1.29 is 13.9 Å². The fourth-order valence-corrected chi connectivity index (χ4v) is 3.86. The van der Waals surface area contributed by atoms with Crippen molar-refractivity contribution in [2.45, 2.75) is 25.4 Å². The van der Waals surface area contributed by atoms with Crippen molar-refractivity contribution in [2.24, 2.45) is 0 Å². The molecule has 1 fully saturated rings. The molecular formula is C21H23FN4O2. The maximum Gasteiger partial charge on any atom is 0.162 e. The molecule has 1 aromatic heterocycles. The third-order valence-corrected chi connectivity index (χ3v) is 5.24. The first kappa shape index (κ1) is 18.4. The minimum absolute atomic E-state index is 0.219. The van der Waals surface area contributed by atoms with E-state index in [0.717, 1.165) is 35.9 Å². The van der Waals surface area contributed by atoms with Gasteiger partial charge in [-0.3, -0.25) is 4.90 Å². The summed E-state index contributed by atoms with van der Waals surface area (Å²) in [6.45, 7) is 1.52. The third kappa shape index (κ3) is 3.45. The molecule has 1 atom stereocenters. The highest BCUT2D eigenvalue weighted by Crippen LogP contribution is 2.35. The van der Waals surface area contributed by atoms with E-state index >= 15 is 0 Å². The molecule has 0 saturated carbocycles. The number of hydrogen-bond acceptors (Lipinski definition) is 6. The summed E-state index contributed by atoms with van der Waals surface area (Å²) in [6.07, 6.45) is 2.11. The van der Waals surface area contributed by atoms with Gasteiger partial charge in [-0.2, -0.15) is 0 Å². The number of rotatable bonds is 5. The predicted molar refractivity (Wildman–Crippen MR) is 106 cm³/mol. The zero-order chi connectivity index (χ0) is 19.7. The second-order valence-electron chi connectivity index (χ2n) is 6.93. The maximum absolute atomic E-state index is 13.3. The lowest BCUT2D eigenvalue weighted by atomic mass is 10.0. The fraction of sp³-hybridized carbons (Fsp3) is 0.333. The van der Waals surface area contributed by atoms with Crippen LogP contribution in [0.15, 0.2) is 36.4 Å². The lowest BCUT2D eigenvalue weighted by Crippen LogP contribution is -2.24. The average Bonchev–Trinajstić information content (AvgIpc) is 3.15. The molecule has 0 radical (unpaired) electrons. The summed E-state index contributed by atoms with van der Waals surface area (Å²) in [7, 11) is 3.17. The van der Waals surface area contributed by atoms with Crippen molar-refractivity contribution >= 4 is 16.7 Å². The Bertz CT molecular complexity index is 994. The second kappa shape index (κ2) is 7.59. The van der Waals surface area contributed by atoms with Gasteiger partial charge < -0.3 is 15.2 Å². The number of methoxy groups -OCH3 is 2. The Kier molecular flexibility index (Phi) is 5.00. The highest BCUT2D eigenvalue weighted by molar-refractivity contribution is 5.90. The number of nitrogens with zero attached hydrogens (tertiary/aromatic N) is 3. The van der Waals surface area contributed by atoms with E-state index < -0.39 is 0 Å². The number of ether oxygens (including phenoxy) is 2. The molecule has 1 aliphatic rings. The summed E-state index contributed by atoms with van der Waals surface area (Å²) in [4.78, 5) is 11.5. The van der Waals surface area contributed by atoms with Crippen molar-refractivity contribution in [2.75, 3.05) is 26.5 Å². The van der Waals surface area contributed by atoms with Crippen LogP contribution in [0.5, 0.6) is 11.5 Å². The summed E-state index contributed by atoms with van der Waals surface area (Å²) >= 11 is 0. The number of anilines is 1. The molecule has 2 N–H and O–H groups in total. The third-order valence-electron chi connectivity index (χ3n) is 5.24. The minimum atomic E-state index is -0.219. The Morgan fingerprint density at radius 2 is 1.82 bits per heavy atom. The summed E-state index contributed by atoms with van der Waals surface area (Å²) in [5.74, 6) is 2.05. The molecule has 4 rings (SSSR count). The predicted octanol–water partition coefficient (Wildman–Crippen LogP) is 3.71. The van der Waals surface area contributed by atoms with Gasteiger partial charge in [0.25, 0.3) is 0 Å². The number of nitrogen functional groups attached to an aromatic ring is 1. The molecule has 1 aliphatic heterocycles. The van der Waals surface area contributed by atoms with Crippen LogP contribution in [-0.4, -0.2) is 35.6 Å². The van der Waals surface area contributed by atoms with Crippen molar-refractivity contribution in [3.63, 3.8) is 0 Å². The molecule has 2 aromatic carbocycles. The Morgan fingerprint density at radius 1 is 1.11 bits per heavy atom. The van der Waals surface area contributed by atoms with Gasteiger partial charge >= 0.3 is 0 Å². The van der Waals surface area contributed by atoms with Crippen LogP contribution in [-0.2, 0) is 6.54 Å². The smallest absolute Gasteiger partial charge is 0.162 e. The van der Waals surface area contributed by atoms with E-state index in [1.54, 1.807) is 20.3 Å². The number of hydrogen-bond donors (Lipinski definition) is 1. The molecule has 0 amide bonds. The Hall–Kier alpha value is -2.93. The number of halogens is 1. The highest BCUT2D eigenvalue weighted by atomic mass is 19.1. The Labute approximate surface area is 163 Å². The lowest BCUT2D eigenvalue weighted by Gasteiger charge is -2.24. The molecule has 0 aliphatic carbocycles. The van der Waals surface area contributed by atoms with Gasteiger partial charge in [-0.25, -0.2) is 14.4 Å². The molecule has 0 bridgehead atoms. The molecule has 0 spiro atoms. The molecule has 1 saturated heterocycles. The van der Waals surface area contributed by atoms with Gasteiger partial charge in [-0.15, -0.1) is 0 Å². The van der Waals surface area contributed by atoms with E-state index in [-0.39, 0.29) is 11.9 Å². The zero-order valence-electron chi connectivity index (χ0n) is 16.0. The molecule has 146 valence electrons. The lowest BCUT2D eigenvalue weighted by molar-refractivity contribution is 0.242. The van der Waals surface area contributed by atoms with E-state index in [1.807, 2.05) is 18.2 Å². The maximum atomic E-state index is 13.3. The normalized spacial score (nSPS) is 17.2. The van der Waals surface area contributed by atoms with Crippen molar-refractivity contribution in [1.29, 1.82) is 0 Å². The van der Waals surface area contributed by atoms with Gasteiger partial charge in [0.15, 0.2) is 11.5 Å². The number of benzene rings is 2. The highest BCUT2D eigenvalue weighted by Gasteiger charge is 2.27. The Balaban J connectivity index is 1.64. The van der Waals surface area contributed by atoms with Crippen LogP contribution < -0.4 is 15.2 Å². The second-order valence-corrected chi connectivity index (χ2v) is 6.93. The summed E-state index contributed by atoms with van der Waals surface area (Å²) < 4.78 is 24.0. The first-order chi connectivity index (χ1) is 13.6. The number of aromatic nitrogens is 2. The van der Waals surface area contributed by atoms with Crippen molar-refractivity contribution in [1.82, 2.24) is 14.9 Å². The van der Waals surface area contributed by atoms with E-state index in [0.29, 0.717) is 29.7 Å². The fourth-order valence-electron chi connectivity index (χ4n) is 3.86. The topological polar surface area (TPSA) is 73.5 Å². The molecule has 6 nitrogen and oxygen atoms in total. The van der Waals surface area contributed by atoms with Crippen LogP contribution in [0.1, 0.15) is 30.3 Å². The van der Waals surface area contributed by atoms with E-state index in [1.165, 1.54) is 12.1 Å². The first-order valence-electron chi connectivity index (χ1n) is 9.26. The van der Waals surface area contributed by atoms with Gasteiger partial charge in [0.2, 0.25) is 0 Å². The molecule has 0 unspecified atom stereocenters. The van der Waals surface area contributed by atoms with Gasteiger partial charge in [0, 0.05) is 17.5 Å². The van der Waals surface area contributed by atoms with Crippen molar-refractivity contribution in [3.8, 4) is 11.5 Å². The average molecular weight is 382 g/mol. The molecule has 3 aromatic rings. The first-order valence-corrected chi connectivity index (χ1v) is 9.26. The van der Waals surface area contributed by atoms with E-state index in [2.05, 4.69) is 9.88 Å². The molecule has 2 heterocycles. The van der Waals surface area contributed by atoms with Gasteiger partial charge in [0.05, 0.1) is 26.3 Å². The van der Waals surface area contributed by atoms with E-state index in [4.69, 9.17) is 20.2 Å². The van der Waals surface area contributed by atoms with Gasteiger partial charge in [-0.1, -0.05) is 12.1 Å². The van der Waals surface area contributed by atoms with Crippen LogP contribution in [0.4, 0.5) is 10.2 Å². The van der Waals surface area contributed by atoms with Gasteiger partial charge in [0.1, 0.15) is 17.5 Å². The van der Waals surface area contributed by atoms with E-state index in [9.17, 15) is 4.39 Å².